The molecule has 0 radical (unpaired) electrons. The van der Waals surface area contributed by atoms with E-state index in [1.54, 1.807) is 0 Å². The third-order valence-electron chi connectivity index (χ3n) is 0.633. The number of rotatable bonds is 3. The van der Waals surface area contributed by atoms with Crippen molar-refractivity contribution in [3.05, 3.63) is 0 Å². The zero-order valence-corrected chi connectivity index (χ0v) is 4.87. The summed E-state index contributed by atoms with van der Waals surface area (Å²) in [6.07, 6.45) is -1.23. The molecule has 6 heteroatoms. The Morgan fingerprint density at radius 2 is 2.33 bits per heavy atom. The van der Waals surface area contributed by atoms with Crippen molar-refractivity contribution in [2.45, 2.75) is 0 Å². The van der Waals surface area contributed by atoms with E-state index in [2.05, 4.69) is 5.43 Å². The highest BCUT2D eigenvalue weighted by Crippen LogP contribution is 1.68. The van der Waals surface area contributed by atoms with Gasteiger partial charge in [0.15, 0.2) is 0 Å². The van der Waals surface area contributed by atoms with Crippen LogP contribution < -0.4 is 17.0 Å². The first-order valence-corrected chi connectivity index (χ1v) is 2.39. The van der Waals surface area contributed by atoms with Gasteiger partial charge in [-0.15, -0.1) is 0 Å². The molecule has 0 saturated carbocycles. The molecular weight excluding hydrogens is 124 g/mol. The van der Waals surface area contributed by atoms with Crippen LogP contribution in [0, 0.1) is 0 Å². The van der Waals surface area contributed by atoms with Crippen molar-refractivity contribution in [1.29, 1.82) is 0 Å². The van der Waals surface area contributed by atoms with E-state index in [-0.39, 0.29) is 0 Å². The summed E-state index contributed by atoms with van der Waals surface area (Å²) < 4.78 is 0. The van der Waals surface area contributed by atoms with Crippen molar-refractivity contribution in [3.63, 3.8) is 0 Å². The number of hydrazine groups is 2. The van der Waals surface area contributed by atoms with Gasteiger partial charge in [-0.1, -0.05) is 0 Å². The van der Waals surface area contributed by atoms with Gasteiger partial charge in [0, 0.05) is 13.1 Å². The molecule has 0 aliphatic rings. The van der Waals surface area contributed by atoms with Crippen LogP contribution in [0.15, 0.2) is 0 Å². The number of nitrogens with two attached hydrogens (primary N) is 2. The lowest BCUT2D eigenvalue weighted by Gasteiger charge is -2.11. The van der Waals surface area contributed by atoms with Gasteiger partial charge < -0.3 is 10.8 Å². The van der Waals surface area contributed by atoms with Crippen LogP contribution in [0.4, 0.5) is 4.79 Å². The number of amides is 1. The van der Waals surface area contributed by atoms with Crippen molar-refractivity contribution < 1.29 is 9.90 Å². The molecule has 0 aliphatic carbocycles. The van der Waals surface area contributed by atoms with E-state index in [0.29, 0.717) is 18.2 Å². The Balaban J connectivity index is 3.27. The fraction of sp³-hybridized carbons (Fsp3) is 0.667. The highest BCUT2D eigenvalue weighted by molar-refractivity contribution is 5.63. The summed E-state index contributed by atoms with van der Waals surface area (Å²) in [7, 11) is 0. The van der Waals surface area contributed by atoms with E-state index in [1.165, 1.54) is 0 Å². The summed E-state index contributed by atoms with van der Waals surface area (Å²) >= 11 is 0. The van der Waals surface area contributed by atoms with Gasteiger partial charge in [0.2, 0.25) is 0 Å². The molecule has 0 fully saturated rings. The summed E-state index contributed by atoms with van der Waals surface area (Å²) in [5.41, 5.74) is 7.36. The summed E-state index contributed by atoms with van der Waals surface area (Å²) in [4.78, 5) is 9.90. The molecule has 0 aromatic heterocycles. The monoisotopic (exact) mass is 134 g/mol. The van der Waals surface area contributed by atoms with Crippen molar-refractivity contribution in [2.75, 3.05) is 13.1 Å². The molecule has 6 N–H and O–H groups in total. The first kappa shape index (κ1) is 8.15. The lowest BCUT2D eigenvalue weighted by molar-refractivity contribution is 0.121. The molecule has 1 amide bonds. The summed E-state index contributed by atoms with van der Waals surface area (Å²) in [6, 6.07) is 0. The van der Waals surface area contributed by atoms with Gasteiger partial charge in [0.1, 0.15) is 0 Å². The van der Waals surface area contributed by atoms with Crippen LogP contribution in [0.1, 0.15) is 0 Å². The van der Waals surface area contributed by atoms with Crippen LogP contribution in [-0.2, 0) is 0 Å². The van der Waals surface area contributed by atoms with Gasteiger partial charge in [-0.3, -0.25) is 0 Å². The van der Waals surface area contributed by atoms with Gasteiger partial charge in [-0.05, 0) is 0 Å². The van der Waals surface area contributed by atoms with Gasteiger partial charge in [0.05, 0.1) is 0 Å². The molecule has 0 spiro atoms. The van der Waals surface area contributed by atoms with Crippen molar-refractivity contribution in [1.82, 2.24) is 10.5 Å². The minimum atomic E-state index is -1.23. The highest BCUT2D eigenvalue weighted by Gasteiger charge is 2.01. The lowest BCUT2D eigenvalue weighted by atomic mass is 10.7. The van der Waals surface area contributed by atoms with Crippen molar-refractivity contribution in [2.24, 2.45) is 11.6 Å². The SMILES string of the molecule is NCCNN(N)C(=O)O. The van der Waals surface area contributed by atoms with Gasteiger partial charge in [0.25, 0.3) is 0 Å². The van der Waals surface area contributed by atoms with E-state index in [9.17, 15) is 4.79 Å². The molecule has 0 bridgehead atoms. The number of carbonyl (C=O) groups is 1. The van der Waals surface area contributed by atoms with Crippen molar-refractivity contribution in [3.8, 4) is 0 Å². The van der Waals surface area contributed by atoms with Crippen LogP contribution in [-0.4, -0.2) is 29.4 Å². The fourth-order valence-electron chi connectivity index (χ4n) is 0.253. The zero-order valence-electron chi connectivity index (χ0n) is 4.87. The van der Waals surface area contributed by atoms with Gasteiger partial charge in [-0.2, -0.15) is 5.12 Å². The number of nitrogens with one attached hydrogen (secondary N) is 1. The third-order valence-corrected chi connectivity index (χ3v) is 0.633. The van der Waals surface area contributed by atoms with Crippen LogP contribution >= 0.6 is 0 Å². The van der Waals surface area contributed by atoms with Crippen molar-refractivity contribution >= 4 is 6.09 Å². The van der Waals surface area contributed by atoms with Gasteiger partial charge in [-0.25, -0.2) is 16.1 Å². The zero-order chi connectivity index (χ0) is 7.28. The molecule has 0 atom stereocenters. The van der Waals surface area contributed by atoms with Crippen LogP contribution in [0.25, 0.3) is 0 Å². The van der Waals surface area contributed by atoms with E-state index in [0.717, 1.165) is 0 Å². The molecule has 0 aromatic rings. The molecular formula is C3H10N4O2. The average Bonchev–Trinajstić information content (AvgIpc) is 1.82. The number of hydrogen-bond donors (Lipinski definition) is 4. The summed E-state index contributed by atoms with van der Waals surface area (Å²) in [5.74, 6) is 4.87. The number of nitrogens with zero attached hydrogens (tertiary/aromatic N) is 1. The maximum Gasteiger partial charge on any atom is 0.436 e. The second kappa shape index (κ2) is 4.07. The highest BCUT2D eigenvalue weighted by atomic mass is 16.4. The first-order chi connectivity index (χ1) is 4.18. The second-order valence-electron chi connectivity index (χ2n) is 1.35. The molecule has 6 nitrogen and oxygen atoms in total. The molecule has 0 aliphatic heterocycles. The smallest absolute Gasteiger partial charge is 0.436 e. The van der Waals surface area contributed by atoms with E-state index < -0.39 is 6.09 Å². The van der Waals surface area contributed by atoms with E-state index in [4.69, 9.17) is 16.7 Å². The predicted molar refractivity (Wildman–Crippen MR) is 31.1 cm³/mol. The maximum atomic E-state index is 9.90. The summed E-state index contributed by atoms with van der Waals surface area (Å²) in [5, 5.41) is 8.57. The Bertz CT molecular complexity index is 95.8. The molecule has 0 saturated heterocycles. The first-order valence-electron chi connectivity index (χ1n) is 2.39. The Morgan fingerprint density at radius 1 is 1.78 bits per heavy atom. The minimum absolute atomic E-state index is 0.348. The number of hydrogen-bond acceptors (Lipinski definition) is 4. The standard InChI is InChI=1S/C3H10N4O2/c4-1-2-6-7(5)3(8)9/h6H,1-2,4-5H2,(H,8,9). The molecule has 54 valence electrons. The fourth-order valence-corrected chi connectivity index (χ4v) is 0.253. The molecule has 0 unspecified atom stereocenters. The van der Waals surface area contributed by atoms with E-state index in [1.807, 2.05) is 0 Å². The van der Waals surface area contributed by atoms with Gasteiger partial charge >= 0.3 is 6.09 Å². The Labute approximate surface area is 52.4 Å². The minimum Gasteiger partial charge on any atom is -0.463 e. The second-order valence-corrected chi connectivity index (χ2v) is 1.35. The van der Waals surface area contributed by atoms with Crippen LogP contribution in [0.3, 0.4) is 0 Å². The molecule has 0 heterocycles. The normalized spacial score (nSPS) is 9.11. The third kappa shape index (κ3) is 3.71. The Hall–Kier alpha value is -0.850. The predicted octanol–water partition coefficient (Wildman–Crippen LogP) is -1.70. The number of carboxylic acid groups (broad SMARTS) is 1. The van der Waals surface area contributed by atoms with Crippen LogP contribution in [0.5, 0.6) is 0 Å². The topological polar surface area (TPSA) is 105 Å². The molecule has 0 rings (SSSR count). The summed E-state index contributed by atoms with van der Waals surface area (Å²) in [6.45, 7) is 0.698. The molecule has 0 aromatic carbocycles. The maximum absolute atomic E-state index is 9.90. The Morgan fingerprint density at radius 3 is 2.67 bits per heavy atom. The molecule has 9 heavy (non-hydrogen) atoms. The van der Waals surface area contributed by atoms with E-state index >= 15 is 0 Å². The van der Waals surface area contributed by atoms with Crippen LogP contribution in [0.2, 0.25) is 0 Å². The quantitative estimate of drug-likeness (QED) is 0.209. The average molecular weight is 134 g/mol. The largest absolute Gasteiger partial charge is 0.463 e. The Kier molecular flexibility index (Phi) is 3.69. The lowest BCUT2D eigenvalue weighted by Crippen LogP contribution is -2.48.